The molecule has 0 saturated carbocycles. The molecule has 0 aliphatic carbocycles. The summed E-state index contributed by atoms with van der Waals surface area (Å²) in [4.78, 5) is 24.2. The molecule has 186 valence electrons. The predicted octanol–water partition coefficient (Wildman–Crippen LogP) is 3.87. The summed E-state index contributed by atoms with van der Waals surface area (Å²) in [5, 5.41) is 5.93. The second kappa shape index (κ2) is 9.31. The Hall–Kier alpha value is -4.03. The molecular formula is C22H19F6N5O2. The molecule has 2 aromatic carbocycles. The number of carbonyl (C=O) groups excluding carboxylic acids is 2. The van der Waals surface area contributed by atoms with E-state index in [-0.39, 0.29) is 17.7 Å². The van der Waals surface area contributed by atoms with E-state index in [0.717, 1.165) is 18.2 Å². The molecule has 5 N–H and O–H groups in total. The average molecular weight is 499 g/mol. The Morgan fingerprint density at radius 1 is 1.11 bits per heavy atom. The summed E-state index contributed by atoms with van der Waals surface area (Å²) in [6, 6.07) is 5.12. The van der Waals surface area contributed by atoms with Crippen LogP contribution in [-0.2, 0) is 6.54 Å². The molecule has 7 nitrogen and oxygen atoms in total. The number of nitrogens with one attached hydrogen (secondary N) is 1. The summed E-state index contributed by atoms with van der Waals surface area (Å²) in [5.41, 5.74) is 7.83. The quantitative estimate of drug-likeness (QED) is 0.447. The Morgan fingerprint density at radius 2 is 1.71 bits per heavy atom. The minimum Gasteiger partial charge on any atom is -0.395 e. The zero-order valence-corrected chi connectivity index (χ0v) is 18.3. The number of hydrogen-bond donors (Lipinski definition) is 3. The molecule has 3 aromatic rings. The van der Waals surface area contributed by atoms with Crippen LogP contribution in [0.25, 0.3) is 5.69 Å². The molecule has 2 amide bonds. The molecule has 0 saturated heterocycles. The highest BCUT2D eigenvalue weighted by Crippen LogP contribution is 2.38. The van der Waals surface area contributed by atoms with Crippen LogP contribution < -0.4 is 16.8 Å². The van der Waals surface area contributed by atoms with Crippen LogP contribution in [0.1, 0.15) is 50.5 Å². The van der Waals surface area contributed by atoms with Gasteiger partial charge in [-0.3, -0.25) is 9.59 Å². The van der Waals surface area contributed by atoms with Gasteiger partial charge < -0.3 is 16.8 Å². The summed E-state index contributed by atoms with van der Waals surface area (Å²) >= 11 is 0. The number of halogens is 6. The third-order valence-corrected chi connectivity index (χ3v) is 5.27. The first-order valence-electron chi connectivity index (χ1n) is 9.99. The van der Waals surface area contributed by atoms with Gasteiger partial charge in [0.15, 0.2) is 17.3 Å². The smallest absolute Gasteiger partial charge is 0.395 e. The first-order chi connectivity index (χ1) is 16.2. The maximum absolute atomic E-state index is 14.9. The molecule has 1 atom stereocenters. The maximum atomic E-state index is 14.9. The van der Waals surface area contributed by atoms with E-state index in [1.807, 2.05) is 0 Å². The number of alkyl halides is 3. The average Bonchev–Trinajstić information content (AvgIpc) is 3.08. The van der Waals surface area contributed by atoms with Gasteiger partial charge in [0.2, 0.25) is 0 Å². The van der Waals surface area contributed by atoms with Crippen molar-refractivity contribution in [2.75, 3.05) is 5.73 Å². The van der Waals surface area contributed by atoms with Crippen molar-refractivity contribution < 1.29 is 35.9 Å². The number of amides is 2. The summed E-state index contributed by atoms with van der Waals surface area (Å²) in [6.45, 7) is 1.91. The van der Waals surface area contributed by atoms with Gasteiger partial charge in [-0.15, -0.1) is 0 Å². The molecule has 0 aliphatic heterocycles. The van der Waals surface area contributed by atoms with Crippen LogP contribution in [0.2, 0.25) is 0 Å². The number of benzene rings is 2. The second-order valence-corrected chi connectivity index (χ2v) is 7.74. The van der Waals surface area contributed by atoms with E-state index in [4.69, 9.17) is 11.5 Å². The van der Waals surface area contributed by atoms with Crippen LogP contribution in [-0.4, -0.2) is 27.8 Å². The third kappa shape index (κ3) is 5.08. The van der Waals surface area contributed by atoms with Crippen LogP contribution in [0.5, 0.6) is 0 Å². The van der Waals surface area contributed by atoms with Crippen LogP contribution in [0.4, 0.5) is 32.0 Å². The summed E-state index contributed by atoms with van der Waals surface area (Å²) in [6.07, 6.45) is -4.80. The van der Waals surface area contributed by atoms with Crippen molar-refractivity contribution in [3.8, 4) is 5.69 Å². The molecule has 1 heterocycles. The van der Waals surface area contributed by atoms with E-state index in [2.05, 4.69) is 10.4 Å². The number of carbonyl (C=O) groups is 2. The van der Waals surface area contributed by atoms with Crippen LogP contribution >= 0.6 is 0 Å². The number of hydrogen-bond acceptors (Lipinski definition) is 4. The van der Waals surface area contributed by atoms with Crippen molar-refractivity contribution in [2.45, 2.75) is 32.5 Å². The van der Waals surface area contributed by atoms with E-state index >= 15 is 0 Å². The predicted molar refractivity (Wildman–Crippen MR) is 113 cm³/mol. The molecule has 35 heavy (non-hydrogen) atoms. The standard InChI is InChI=1S/C22H19F6N5O2/c1-9-3-4-12(23)7-13(9)21(35)31-8-11-5-14(24)18(15(25)6-11)33-19(20(30)34)16(29)17(32-33)10(2)22(26,27)28/h3-7,10H,8,29H2,1-2H3,(H2,30,34)(H,31,35). The van der Waals surface area contributed by atoms with E-state index in [1.165, 1.54) is 12.1 Å². The lowest BCUT2D eigenvalue weighted by Gasteiger charge is -2.13. The molecule has 0 aliphatic rings. The van der Waals surface area contributed by atoms with Crippen molar-refractivity contribution in [1.82, 2.24) is 15.1 Å². The molecule has 3 rings (SSSR count). The molecule has 13 heteroatoms. The van der Waals surface area contributed by atoms with E-state index in [9.17, 15) is 35.9 Å². The van der Waals surface area contributed by atoms with Gasteiger partial charge in [-0.05, 0) is 49.2 Å². The zero-order chi connectivity index (χ0) is 26.2. The number of nitrogens with two attached hydrogens (primary N) is 2. The van der Waals surface area contributed by atoms with Gasteiger partial charge in [0.1, 0.15) is 11.5 Å². The summed E-state index contributed by atoms with van der Waals surface area (Å²) in [7, 11) is 0. The first-order valence-corrected chi connectivity index (χ1v) is 9.99. The van der Waals surface area contributed by atoms with E-state index in [1.54, 1.807) is 6.92 Å². The van der Waals surface area contributed by atoms with Gasteiger partial charge in [0.05, 0.1) is 17.3 Å². The summed E-state index contributed by atoms with van der Waals surface area (Å²) < 4.78 is 83.0. The van der Waals surface area contributed by atoms with E-state index < -0.39 is 64.1 Å². The monoisotopic (exact) mass is 499 g/mol. The maximum Gasteiger partial charge on any atom is 0.397 e. The van der Waals surface area contributed by atoms with Crippen LogP contribution in [0.3, 0.4) is 0 Å². The number of aryl methyl sites for hydroxylation is 1. The number of anilines is 1. The van der Waals surface area contributed by atoms with Crippen LogP contribution in [0.15, 0.2) is 30.3 Å². The van der Waals surface area contributed by atoms with Crippen molar-refractivity contribution in [1.29, 1.82) is 0 Å². The topological polar surface area (TPSA) is 116 Å². The van der Waals surface area contributed by atoms with Gasteiger partial charge in [-0.1, -0.05) is 6.07 Å². The number of primary amides is 1. The summed E-state index contributed by atoms with van der Waals surface area (Å²) in [5.74, 6) is -7.58. The van der Waals surface area contributed by atoms with Crippen molar-refractivity contribution in [3.05, 3.63) is 75.9 Å². The molecule has 1 unspecified atom stereocenters. The highest BCUT2D eigenvalue weighted by molar-refractivity contribution is 5.97. The lowest BCUT2D eigenvalue weighted by molar-refractivity contribution is -0.147. The minimum absolute atomic E-state index is 0.0204. The molecular weight excluding hydrogens is 480 g/mol. The largest absolute Gasteiger partial charge is 0.397 e. The van der Waals surface area contributed by atoms with Gasteiger partial charge in [0, 0.05) is 12.1 Å². The first kappa shape index (κ1) is 25.6. The van der Waals surface area contributed by atoms with Gasteiger partial charge in [-0.25, -0.2) is 17.9 Å². The Kier molecular flexibility index (Phi) is 6.81. The number of aromatic nitrogens is 2. The molecule has 0 radical (unpaired) electrons. The second-order valence-electron chi connectivity index (χ2n) is 7.74. The van der Waals surface area contributed by atoms with Crippen molar-refractivity contribution in [3.63, 3.8) is 0 Å². The fourth-order valence-electron chi connectivity index (χ4n) is 3.36. The lowest BCUT2D eigenvalue weighted by atomic mass is 10.1. The normalized spacial score (nSPS) is 12.5. The number of rotatable bonds is 6. The third-order valence-electron chi connectivity index (χ3n) is 5.27. The minimum atomic E-state index is -4.80. The highest BCUT2D eigenvalue weighted by atomic mass is 19.4. The Morgan fingerprint density at radius 3 is 2.26 bits per heavy atom. The highest BCUT2D eigenvalue weighted by Gasteiger charge is 2.41. The lowest BCUT2D eigenvalue weighted by Crippen LogP contribution is -2.24. The zero-order valence-electron chi connectivity index (χ0n) is 18.3. The van der Waals surface area contributed by atoms with Gasteiger partial charge in [0.25, 0.3) is 11.8 Å². The molecule has 0 fully saturated rings. The SMILES string of the molecule is Cc1ccc(F)cc1C(=O)NCc1cc(F)c(-n2nc(C(C)C(F)(F)F)c(N)c2C(N)=O)c(F)c1. The molecule has 0 spiro atoms. The van der Waals surface area contributed by atoms with Gasteiger partial charge >= 0.3 is 6.18 Å². The Balaban J connectivity index is 1.96. The van der Waals surface area contributed by atoms with E-state index in [0.29, 0.717) is 17.2 Å². The molecule has 1 aromatic heterocycles. The van der Waals surface area contributed by atoms with Crippen molar-refractivity contribution >= 4 is 17.5 Å². The Labute approximate surface area is 194 Å². The fraction of sp³-hybridized carbons (Fsp3) is 0.227. The fourth-order valence-corrected chi connectivity index (χ4v) is 3.36. The number of nitrogens with zero attached hydrogens (tertiary/aromatic N) is 2. The van der Waals surface area contributed by atoms with Gasteiger partial charge in [-0.2, -0.15) is 18.3 Å². The van der Waals surface area contributed by atoms with Crippen molar-refractivity contribution in [2.24, 2.45) is 5.73 Å². The molecule has 0 bridgehead atoms. The Bertz CT molecular complexity index is 1300. The number of nitrogen functional groups attached to an aromatic ring is 1. The van der Waals surface area contributed by atoms with Crippen LogP contribution in [0, 0.1) is 24.4 Å².